The summed E-state index contributed by atoms with van der Waals surface area (Å²) < 4.78 is 40.3. The largest absolute Gasteiger partial charge is 0.336 e. The van der Waals surface area contributed by atoms with Crippen LogP contribution in [0.25, 0.3) is 0 Å². The monoisotopic (exact) mass is 356 g/mol. The Morgan fingerprint density at radius 1 is 1.35 bits per heavy atom. The molecule has 1 heterocycles. The van der Waals surface area contributed by atoms with Crippen LogP contribution in [0.15, 0.2) is 40.6 Å². The number of nitrogens with zero attached hydrogens (tertiary/aromatic N) is 1. The molecule has 0 saturated carbocycles. The number of thiophene rings is 1. The summed E-state index contributed by atoms with van der Waals surface area (Å²) >= 11 is 1.49. The number of benzene rings is 1. The van der Waals surface area contributed by atoms with Gasteiger partial charge in [0.1, 0.15) is 5.82 Å². The molecule has 1 aromatic carbocycles. The van der Waals surface area contributed by atoms with Crippen LogP contribution in [0, 0.1) is 5.82 Å². The van der Waals surface area contributed by atoms with E-state index in [0.29, 0.717) is 6.54 Å². The van der Waals surface area contributed by atoms with Crippen LogP contribution in [-0.4, -0.2) is 32.8 Å². The summed E-state index contributed by atoms with van der Waals surface area (Å²) in [6.45, 7) is 2.18. The third-order valence-electron chi connectivity index (χ3n) is 3.13. The van der Waals surface area contributed by atoms with Crippen molar-refractivity contribution in [1.29, 1.82) is 0 Å². The van der Waals surface area contributed by atoms with Gasteiger partial charge in [-0.25, -0.2) is 17.5 Å². The van der Waals surface area contributed by atoms with E-state index >= 15 is 0 Å². The number of sulfonamides is 1. The molecule has 8 heteroatoms. The van der Waals surface area contributed by atoms with Crippen LogP contribution in [0.1, 0.15) is 22.2 Å². The number of carbonyl (C=O) groups is 1. The van der Waals surface area contributed by atoms with Gasteiger partial charge >= 0.3 is 0 Å². The average molecular weight is 356 g/mol. The first-order valence-corrected chi connectivity index (χ1v) is 9.28. The summed E-state index contributed by atoms with van der Waals surface area (Å²) in [5.74, 6) is -1.31. The van der Waals surface area contributed by atoms with Crippen LogP contribution in [0.3, 0.4) is 0 Å². The highest BCUT2D eigenvalue weighted by Crippen LogP contribution is 2.18. The van der Waals surface area contributed by atoms with Gasteiger partial charge in [-0.15, -0.1) is 11.3 Å². The zero-order valence-corrected chi connectivity index (χ0v) is 14.4. The van der Waals surface area contributed by atoms with Crippen LogP contribution in [0.4, 0.5) is 4.39 Å². The number of hydrogen-bond acceptors (Lipinski definition) is 4. The van der Waals surface area contributed by atoms with Gasteiger partial charge in [-0.1, -0.05) is 13.0 Å². The van der Waals surface area contributed by atoms with E-state index < -0.39 is 21.7 Å². The molecule has 0 radical (unpaired) electrons. The third kappa shape index (κ3) is 4.15. The van der Waals surface area contributed by atoms with E-state index in [1.54, 1.807) is 14.0 Å². The first-order valence-electron chi connectivity index (χ1n) is 6.92. The smallest absolute Gasteiger partial charge is 0.256 e. The van der Waals surface area contributed by atoms with Crippen LogP contribution in [0.5, 0.6) is 0 Å². The van der Waals surface area contributed by atoms with Crippen molar-refractivity contribution >= 4 is 27.3 Å². The molecule has 2 aromatic rings. The molecule has 0 bridgehead atoms. The molecule has 5 nitrogen and oxygen atoms in total. The van der Waals surface area contributed by atoms with E-state index in [9.17, 15) is 17.6 Å². The molecule has 0 fully saturated rings. The number of hydrogen-bond donors (Lipinski definition) is 1. The molecule has 1 N–H and O–H groups in total. The summed E-state index contributed by atoms with van der Waals surface area (Å²) in [4.78, 5) is 14.6. The maximum Gasteiger partial charge on any atom is 0.256 e. The number of amides is 1. The van der Waals surface area contributed by atoms with Crippen molar-refractivity contribution < 1.29 is 17.6 Å². The van der Waals surface area contributed by atoms with E-state index in [2.05, 4.69) is 4.72 Å². The molecular formula is C15H17FN2O3S2. The molecule has 1 aromatic heterocycles. The second-order valence-electron chi connectivity index (χ2n) is 4.88. The fourth-order valence-electron chi connectivity index (χ4n) is 2.02. The molecule has 124 valence electrons. The van der Waals surface area contributed by atoms with Gasteiger partial charge in [-0.3, -0.25) is 4.79 Å². The van der Waals surface area contributed by atoms with Crippen molar-refractivity contribution in [3.8, 4) is 0 Å². The molecule has 0 aliphatic heterocycles. The molecule has 23 heavy (non-hydrogen) atoms. The molecule has 1 amide bonds. The summed E-state index contributed by atoms with van der Waals surface area (Å²) in [6.07, 6.45) is 0. The number of halogens is 1. The van der Waals surface area contributed by atoms with Gasteiger partial charge in [0.15, 0.2) is 0 Å². The minimum absolute atomic E-state index is 0.131. The second-order valence-corrected chi connectivity index (χ2v) is 7.68. The van der Waals surface area contributed by atoms with E-state index in [-0.39, 0.29) is 17.0 Å². The highest BCUT2D eigenvalue weighted by atomic mass is 32.2. The van der Waals surface area contributed by atoms with E-state index in [1.165, 1.54) is 16.2 Å². The summed E-state index contributed by atoms with van der Waals surface area (Å²) in [5.41, 5.74) is -0.261. The van der Waals surface area contributed by atoms with E-state index in [1.807, 2.05) is 17.5 Å². The van der Waals surface area contributed by atoms with Crippen LogP contribution < -0.4 is 4.72 Å². The normalized spacial score (nSPS) is 11.4. The van der Waals surface area contributed by atoms with Crippen molar-refractivity contribution in [2.45, 2.75) is 18.4 Å². The lowest BCUT2D eigenvalue weighted by molar-refractivity contribution is 0.0781. The Balaban J connectivity index is 2.29. The second kappa shape index (κ2) is 7.20. The highest BCUT2D eigenvalue weighted by molar-refractivity contribution is 7.89. The fourth-order valence-corrected chi connectivity index (χ4v) is 3.85. The standard InChI is InChI=1S/C15H17FN2O3S2/c1-3-17-23(20,21)12-6-7-14(16)13(9-12)15(19)18(2)10-11-5-4-8-22-11/h4-9,17H,3,10H2,1-2H3. The van der Waals surface area contributed by atoms with Crippen molar-refractivity contribution in [3.05, 3.63) is 52.0 Å². The average Bonchev–Trinajstić information content (AvgIpc) is 2.99. The van der Waals surface area contributed by atoms with Crippen molar-refractivity contribution in [2.24, 2.45) is 0 Å². The first kappa shape index (κ1) is 17.6. The highest BCUT2D eigenvalue weighted by Gasteiger charge is 2.21. The van der Waals surface area contributed by atoms with Gasteiger partial charge in [-0.2, -0.15) is 0 Å². The maximum atomic E-state index is 14.0. The quantitative estimate of drug-likeness (QED) is 0.865. The number of carbonyl (C=O) groups excluding carboxylic acids is 1. The van der Waals surface area contributed by atoms with Crippen molar-refractivity contribution in [3.63, 3.8) is 0 Å². The van der Waals surface area contributed by atoms with Gasteiger partial charge in [0.25, 0.3) is 5.91 Å². The topological polar surface area (TPSA) is 66.5 Å². The predicted octanol–water partition coefficient (Wildman–Crippen LogP) is 2.46. The molecule has 0 atom stereocenters. The molecule has 0 aliphatic rings. The van der Waals surface area contributed by atoms with Crippen molar-refractivity contribution in [1.82, 2.24) is 9.62 Å². The fraction of sp³-hybridized carbons (Fsp3) is 0.267. The number of nitrogens with one attached hydrogen (secondary N) is 1. The van der Waals surface area contributed by atoms with Gasteiger partial charge in [0, 0.05) is 18.5 Å². The van der Waals surface area contributed by atoms with E-state index in [0.717, 1.165) is 23.1 Å². The SMILES string of the molecule is CCNS(=O)(=O)c1ccc(F)c(C(=O)N(C)Cc2cccs2)c1. The molecular weight excluding hydrogens is 339 g/mol. The van der Waals surface area contributed by atoms with Crippen LogP contribution in [-0.2, 0) is 16.6 Å². The molecule has 0 aliphatic carbocycles. The van der Waals surface area contributed by atoms with Gasteiger partial charge in [0.05, 0.1) is 17.0 Å². The van der Waals surface area contributed by atoms with E-state index in [4.69, 9.17) is 0 Å². The molecule has 0 spiro atoms. The minimum atomic E-state index is -3.74. The molecule has 0 unspecified atom stereocenters. The summed E-state index contributed by atoms with van der Waals surface area (Å²) in [7, 11) is -2.20. The third-order valence-corrected chi connectivity index (χ3v) is 5.54. The van der Waals surface area contributed by atoms with Crippen LogP contribution >= 0.6 is 11.3 Å². The molecule has 0 saturated heterocycles. The lowest BCUT2D eigenvalue weighted by Gasteiger charge is -2.17. The zero-order valence-electron chi connectivity index (χ0n) is 12.7. The Bertz CT molecular complexity index is 789. The Morgan fingerprint density at radius 3 is 2.70 bits per heavy atom. The Hall–Kier alpha value is -1.77. The minimum Gasteiger partial charge on any atom is -0.336 e. The number of rotatable bonds is 6. The van der Waals surface area contributed by atoms with Crippen LogP contribution in [0.2, 0.25) is 0 Å². The van der Waals surface area contributed by atoms with Gasteiger partial charge < -0.3 is 4.90 Å². The lowest BCUT2D eigenvalue weighted by atomic mass is 10.2. The zero-order chi connectivity index (χ0) is 17.0. The predicted molar refractivity (Wildman–Crippen MR) is 87.4 cm³/mol. The van der Waals surface area contributed by atoms with Crippen molar-refractivity contribution in [2.75, 3.05) is 13.6 Å². The van der Waals surface area contributed by atoms with Gasteiger partial charge in [0.2, 0.25) is 10.0 Å². The first-order chi connectivity index (χ1) is 10.8. The Kier molecular flexibility index (Phi) is 5.51. The maximum absolute atomic E-state index is 14.0. The Labute approximate surface area is 138 Å². The lowest BCUT2D eigenvalue weighted by Crippen LogP contribution is -2.28. The summed E-state index contributed by atoms with van der Waals surface area (Å²) in [5, 5.41) is 1.89. The van der Waals surface area contributed by atoms with Gasteiger partial charge in [-0.05, 0) is 29.6 Å². The molecule has 2 rings (SSSR count). The Morgan fingerprint density at radius 2 is 2.09 bits per heavy atom. The summed E-state index contributed by atoms with van der Waals surface area (Å²) in [6, 6.07) is 6.94.